The van der Waals surface area contributed by atoms with E-state index >= 15 is 0 Å². The fourth-order valence-electron chi connectivity index (χ4n) is 3.25. The number of phenolic OH excluding ortho intramolecular Hbond substituents is 1. The van der Waals surface area contributed by atoms with Crippen LogP contribution >= 0.6 is 0 Å². The molecular formula is C24H29N5O4. The van der Waals surface area contributed by atoms with Gasteiger partial charge in [0, 0.05) is 33.7 Å². The maximum atomic E-state index is 13.0. The molecule has 9 nitrogen and oxygen atoms in total. The molecule has 0 spiro atoms. The van der Waals surface area contributed by atoms with Gasteiger partial charge in [0.25, 0.3) is 17.0 Å². The van der Waals surface area contributed by atoms with Crippen LogP contribution in [0.25, 0.3) is 0 Å². The smallest absolute Gasteiger partial charge is 0.290 e. The molecule has 0 aliphatic rings. The van der Waals surface area contributed by atoms with E-state index in [4.69, 9.17) is 0 Å². The fourth-order valence-corrected chi connectivity index (χ4v) is 3.25. The zero-order chi connectivity index (χ0) is 24.3. The number of nitrogens with zero attached hydrogens (tertiary/aromatic N) is 3. The minimum Gasteiger partial charge on any atom is -0.505 e. The van der Waals surface area contributed by atoms with Gasteiger partial charge in [-0.25, -0.2) is 9.36 Å². The number of nitrogens with one attached hydrogen (secondary N) is 2. The molecule has 0 fully saturated rings. The molecule has 174 valence electrons. The number of rotatable bonds is 7. The van der Waals surface area contributed by atoms with Gasteiger partial charge >= 0.3 is 0 Å². The molecule has 0 atom stereocenters. The van der Waals surface area contributed by atoms with Crippen LogP contribution < -0.4 is 21.8 Å². The van der Waals surface area contributed by atoms with Crippen LogP contribution in [0.15, 0.2) is 58.1 Å². The van der Waals surface area contributed by atoms with Gasteiger partial charge in [-0.3, -0.25) is 14.4 Å². The second kappa shape index (κ2) is 9.64. The van der Waals surface area contributed by atoms with Crippen molar-refractivity contribution in [2.24, 2.45) is 14.1 Å². The first-order chi connectivity index (χ1) is 15.6. The highest BCUT2D eigenvalue weighted by atomic mass is 16.3. The lowest BCUT2D eigenvalue weighted by molar-refractivity contribution is 0.0752. The molecule has 0 unspecified atom stereocenters. The Kier molecular flexibility index (Phi) is 6.91. The van der Waals surface area contributed by atoms with Crippen LogP contribution in [-0.2, 0) is 20.6 Å². The molecule has 2 aromatic carbocycles. The first-order valence-electron chi connectivity index (χ1n) is 10.6. The second-order valence-electron chi connectivity index (χ2n) is 8.08. The summed E-state index contributed by atoms with van der Waals surface area (Å²) in [4.78, 5) is 40.3. The van der Waals surface area contributed by atoms with Crippen molar-refractivity contribution in [1.82, 2.24) is 14.3 Å². The number of para-hydroxylation sites is 1. The summed E-state index contributed by atoms with van der Waals surface area (Å²) in [6.07, 6.45) is 0. The molecule has 1 amide bonds. The summed E-state index contributed by atoms with van der Waals surface area (Å²) in [5, 5.41) is 16.8. The number of carbonyl (C=O) groups is 1. The molecule has 0 saturated heterocycles. The van der Waals surface area contributed by atoms with Crippen molar-refractivity contribution in [3.63, 3.8) is 0 Å². The number of aromatic nitrogens is 2. The van der Waals surface area contributed by atoms with Gasteiger partial charge in [-0.2, -0.15) is 0 Å². The molecule has 9 heteroatoms. The largest absolute Gasteiger partial charge is 0.505 e. The zero-order valence-electron chi connectivity index (χ0n) is 19.4. The zero-order valence-corrected chi connectivity index (χ0v) is 19.4. The highest BCUT2D eigenvalue weighted by Gasteiger charge is 2.22. The van der Waals surface area contributed by atoms with E-state index in [0.717, 1.165) is 5.56 Å². The Labute approximate surface area is 191 Å². The van der Waals surface area contributed by atoms with E-state index in [-0.39, 0.29) is 40.3 Å². The number of carbonyl (C=O) groups excluding carboxylic acids is 1. The SMILES string of the molecule is CC(C)N(C)C(=O)c1cccc(Nc2c(NCc3ccccc3)c(=O)n(C)n(C)c2=O)c1O. The van der Waals surface area contributed by atoms with Gasteiger partial charge in [0.1, 0.15) is 11.4 Å². The van der Waals surface area contributed by atoms with Crippen LogP contribution in [0.3, 0.4) is 0 Å². The van der Waals surface area contributed by atoms with Crippen LogP contribution in [0.4, 0.5) is 17.1 Å². The minimum absolute atomic E-state index is 0.0198. The van der Waals surface area contributed by atoms with Crippen molar-refractivity contribution in [3.8, 4) is 5.75 Å². The summed E-state index contributed by atoms with van der Waals surface area (Å²) < 4.78 is 2.38. The molecule has 1 aromatic heterocycles. The third-order valence-corrected chi connectivity index (χ3v) is 5.65. The van der Waals surface area contributed by atoms with E-state index in [9.17, 15) is 19.5 Å². The number of benzene rings is 2. The van der Waals surface area contributed by atoms with E-state index in [1.807, 2.05) is 44.2 Å². The Morgan fingerprint density at radius 3 is 2.18 bits per heavy atom. The van der Waals surface area contributed by atoms with Crippen LogP contribution in [0, 0.1) is 0 Å². The Morgan fingerprint density at radius 1 is 0.970 bits per heavy atom. The van der Waals surface area contributed by atoms with Gasteiger partial charge < -0.3 is 20.6 Å². The molecule has 3 rings (SSSR count). The van der Waals surface area contributed by atoms with Gasteiger partial charge in [0.2, 0.25) is 0 Å². The van der Waals surface area contributed by atoms with E-state index in [1.165, 1.54) is 34.4 Å². The minimum atomic E-state index is -0.469. The summed E-state index contributed by atoms with van der Waals surface area (Å²) >= 11 is 0. The normalized spacial score (nSPS) is 10.8. The Bertz CT molecular complexity index is 1280. The number of amides is 1. The number of hydrogen-bond donors (Lipinski definition) is 3. The van der Waals surface area contributed by atoms with Crippen molar-refractivity contribution < 1.29 is 9.90 Å². The maximum Gasteiger partial charge on any atom is 0.290 e. The molecule has 0 aliphatic carbocycles. The van der Waals surface area contributed by atoms with Gasteiger partial charge in [-0.05, 0) is 31.5 Å². The lowest BCUT2D eigenvalue weighted by Gasteiger charge is -2.23. The van der Waals surface area contributed by atoms with Crippen LogP contribution in [0.1, 0.15) is 29.8 Å². The fraction of sp³-hybridized carbons (Fsp3) is 0.292. The van der Waals surface area contributed by atoms with E-state index in [0.29, 0.717) is 6.54 Å². The van der Waals surface area contributed by atoms with E-state index < -0.39 is 11.1 Å². The highest BCUT2D eigenvalue weighted by Crippen LogP contribution is 2.31. The summed E-state index contributed by atoms with van der Waals surface area (Å²) in [6, 6.07) is 14.0. The number of phenols is 1. The van der Waals surface area contributed by atoms with Crippen molar-refractivity contribution >= 4 is 23.0 Å². The van der Waals surface area contributed by atoms with E-state index in [1.54, 1.807) is 19.2 Å². The standard InChI is InChI=1S/C24H29N5O4/c1-15(2)27(3)22(31)17-12-9-13-18(21(17)30)26-20-19(23(32)28(4)29(5)24(20)33)25-14-16-10-7-6-8-11-16/h6-13,15,25-26,30H,14H2,1-5H3. The maximum absolute atomic E-state index is 13.0. The van der Waals surface area contributed by atoms with Crippen LogP contribution in [0.5, 0.6) is 5.75 Å². The average molecular weight is 452 g/mol. The second-order valence-corrected chi connectivity index (χ2v) is 8.08. The van der Waals surface area contributed by atoms with Crippen molar-refractivity contribution in [2.75, 3.05) is 17.7 Å². The summed E-state index contributed by atoms with van der Waals surface area (Å²) in [5.74, 6) is -0.655. The topological polar surface area (TPSA) is 109 Å². The molecule has 0 aliphatic heterocycles. The van der Waals surface area contributed by atoms with Gasteiger partial charge in [-0.1, -0.05) is 36.4 Å². The molecule has 0 bridgehead atoms. The molecule has 0 saturated carbocycles. The predicted octanol–water partition coefficient (Wildman–Crippen LogP) is 2.63. The monoisotopic (exact) mass is 451 g/mol. The molecule has 1 heterocycles. The number of anilines is 3. The average Bonchev–Trinajstić information content (AvgIpc) is 2.81. The van der Waals surface area contributed by atoms with Gasteiger partial charge in [-0.15, -0.1) is 0 Å². The quantitative estimate of drug-likeness (QED) is 0.477. The van der Waals surface area contributed by atoms with Crippen LogP contribution in [-0.4, -0.2) is 38.4 Å². The first-order valence-corrected chi connectivity index (χ1v) is 10.6. The van der Waals surface area contributed by atoms with Crippen molar-refractivity contribution in [2.45, 2.75) is 26.4 Å². The molecule has 0 radical (unpaired) electrons. The molecule has 33 heavy (non-hydrogen) atoms. The predicted molar refractivity (Wildman–Crippen MR) is 129 cm³/mol. The van der Waals surface area contributed by atoms with Gasteiger partial charge in [0.05, 0.1) is 11.3 Å². The number of aromatic hydroxyl groups is 1. The Balaban J connectivity index is 2.05. The third kappa shape index (κ3) is 4.77. The Morgan fingerprint density at radius 2 is 1.58 bits per heavy atom. The third-order valence-electron chi connectivity index (χ3n) is 5.65. The van der Waals surface area contributed by atoms with Crippen LogP contribution in [0.2, 0.25) is 0 Å². The first kappa shape index (κ1) is 23.6. The van der Waals surface area contributed by atoms with E-state index in [2.05, 4.69) is 10.6 Å². The molecule has 3 N–H and O–H groups in total. The summed E-state index contributed by atoms with van der Waals surface area (Å²) in [6.45, 7) is 4.05. The molecule has 3 aromatic rings. The van der Waals surface area contributed by atoms with Crippen molar-refractivity contribution in [1.29, 1.82) is 0 Å². The summed E-state index contributed by atoms with van der Waals surface area (Å²) in [5.41, 5.74) is 0.332. The molecular weight excluding hydrogens is 422 g/mol. The lowest BCUT2D eigenvalue weighted by atomic mass is 10.1. The Hall–Kier alpha value is -4.01. The summed E-state index contributed by atoms with van der Waals surface area (Å²) in [7, 11) is 4.63. The number of hydrogen-bond acceptors (Lipinski definition) is 6. The lowest BCUT2D eigenvalue weighted by Crippen LogP contribution is -2.38. The van der Waals surface area contributed by atoms with Gasteiger partial charge in [0.15, 0.2) is 5.75 Å². The van der Waals surface area contributed by atoms with Crippen molar-refractivity contribution in [3.05, 3.63) is 80.4 Å². The highest BCUT2D eigenvalue weighted by molar-refractivity contribution is 5.99.